The third-order valence-electron chi connectivity index (χ3n) is 8.40. The average molecular weight is 670 g/mol. The number of halogens is 2. The first-order valence-corrected chi connectivity index (χ1v) is 16.3. The van der Waals surface area contributed by atoms with Crippen molar-refractivity contribution in [2.24, 2.45) is 22.7 Å². The number of pyridine rings is 2. The Hall–Kier alpha value is -3.68. The Labute approximate surface area is 280 Å². The minimum atomic E-state index is 0.0223. The van der Waals surface area contributed by atoms with E-state index in [1.54, 1.807) is 19.2 Å². The Bertz CT molecular complexity index is 1470. The van der Waals surface area contributed by atoms with Crippen molar-refractivity contribution in [3.05, 3.63) is 64.3 Å². The number of benzene rings is 1. The minimum absolute atomic E-state index is 0.0223. The molecule has 14 heteroatoms. The van der Waals surface area contributed by atoms with Gasteiger partial charge in [0.15, 0.2) is 0 Å². The van der Waals surface area contributed by atoms with Gasteiger partial charge in [0.05, 0.1) is 11.9 Å². The molecule has 0 spiro atoms. The van der Waals surface area contributed by atoms with Gasteiger partial charge in [0.2, 0.25) is 11.8 Å². The summed E-state index contributed by atoms with van der Waals surface area (Å²) in [7, 11) is 0. The molecule has 6 N–H and O–H groups in total. The highest BCUT2D eigenvalue weighted by Crippen LogP contribution is 2.31. The predicted molar refractivity (Wildman–Crippen MR) is 183 cm³/mol. The molecule has 246 valence electrons. The van der Waals surface area contributed by atoms with Crippen LogP contribution in [0.15, 0.2) is 53.8 Å². The average Bonchev–Trinajstić information content (AvgIpc) is 3.05. The first-order chi connectivity index (χ1) is 22.3. The Kier molecular flexibility index (Phi) is 11.9. The van der Waals surface area contributed by atoms with E-state index in [1.165, 1.54) is 0 Å². The maximum absolute atomic E-state index is 11.3. The highest BCUT2D eigenvalue weighted by Gasteiger charge is 2.21. The molecule has 46 heavy (non-hydrogen) atoms. The summed E-state index contributed by atoms with van der Waals surface area (Å²) in [6.07, 6.45) is 4.49. The first-order valence-electron chi connectivity index (χ1n) is 15.6. The quantitative estimate of drug-likeness (QED) is 0.103. The van der Waals surface area contributed by atoms with E-state index in [4.69, 9.17) is 49.6 Å². The van der Waals surface area contributed by atoms with Gasteiger partial charge in [0, 0.05) is 80.8 Å². The minimum Gasteiger partial charge on any atom is -0.437 e. The number of hydrazine groups is 1. The lowest BCUT2D eigenvalue weighted by Gasteiger charge is -2.35. The molecule has 2 saturated heterocycles. The number of carbonyl (C=O) groups is 1. The number of carbonyl (C=O) groups excluding carboxylic acids is 1. The summed E-state index contributed by atoms with van der Waals surface area (Å²) >= 11 is 12.7. The largest absolute Gasteiger partial charge is 0.437 e. The van der Waals surface area contributed by atoms with Crippen LogP contribution in [-0.4, -0.2) is 83.9 Å². The number of amides is 1. The number of rotatable bonds is 11. The molecule has 1 aromatic carbocycles. The Balaban J connectivity index is 1.25. The van der Waals surface area contributed by atoms with E-state index < -0.39 is 0 Å². The molecule has 0 atom stereocenters. The standard InChI is InChI=1S/C32H42Cl2N10O2/c1-22(45)37-19-23-4-7-43(8-5-23)21-24-14-29(25-16-26(33)18-27(34)17-25)39-32(15-24)46-28-2-3-31(38-20-28)44-12-10-42(11-13-44)9-6-30(40-35)41-36/h2-3,14-18,20,23H,4-13,19,21,35-36H2,1H3,(H,37,45)(H,40,41). The van der Waals surface area contributed by atoms with E-state index >= 15 is 0 Å². The van der Waals surface area contributed by atoms with Crippen molar-refractivity contribution in [2.75, 3.05) is 57.3 Å². The van der Waals surface area contributed by atoms with Crippen molar-refractivity contribution < 1.29 is 9.53 Å². The zero-order valence-electron chi connectivity index (χ0n) is 26.1. The lowest BCUT2D eigenvalue weighted by Crippen LogP contribution is -2.47. The maximum atomic E-state index is 11.3. The van der Waals surface area contributed by atoms with E-state index in [9.17, 15) is 4.79 Å². The second-order valence-corrected chi connectivity index (χ2v) is 12.6. The van der Waals surface area contributed by atoms with E-state index in [-0.39, 0.29) is 5.91 Å². The van der Waals surface area contributed by atoms with Crippen molar-refractivity contribution in [3.63, 3.8) is 0 Å². The van der Waals surface area contributed by atoms with Gasteiger partial charge in [-0.05, 0) is 73.8 Å². The third kappa shape index (κ3) is 9.66. The molecule has 0 aliphatic carbocycles. The molecular formula is C32H42Cl2N10O2. The van der Waals surface area contributed by atoms with Gasteiger partial charge in [-0.15, -0.1) is 0 Å². The molecule has 3 aromatic rings. The van der Waals surface area contributed by atoms with Crippen molar-refractivity contribution in [1.29, 1.82) is 0 Å². The van der Waals surface area contributed by atoms with E-state index in [1.807, 2.05) is 30.3 Å². The topological polar surface area (TPSA) is 150 Å². The number of ether oxygens (including phenoxy) is 1. The molecular weight excluding hydrogens is 627 g/mol. The Morgan fingerprint density at radius 3 is 2.39 bits per heavy atom. The van der Waals surface area contributed by atoms with Crippen molar-refractivity contribution in [3.8, 4) is 22.9 Å². The second-order valence-electron chi connectivity index (χ2n) is 11.8. The number of nitrogens with zero attached hydrogens (tertiary/aromatic N) is 6. The van der Waals surface area contributed by atoms with Gasteiger partial charge in [-0.25, -0.2) is 15.8 Å². The number of piperidine rings is 1. The van der Waals surface area contributed by atoms with Crippen LogP contribution in [0.3, 0.4) is 0 Å². The fourth-order valence-corrected chi connectivity index (χ4v) is 6.35. The zero-order chi connectivity index (χ0) is 32.5. The monoisotopic (exact) mass is 668 g/mol. The lowest BCUT2D eigenvalue weighted by molar-refractivity contribution is -0.119. The van der Waals surface area contributed by atoms with Gasteiger partial charge in [-0.1, -0.05) is 23.2 Å². The van der Waals surface area contributed by atoms with Crippen molar-refractivity contribution in [2.45, 2.75) is 32.7 Å². The van der Waals surface area contributed by atoms with Crippen LogP contribution < -0.4 is 32.1 Å². The molecule has 2 aromatic heterocycles. The molecule has 0 radical (unpaired) electrons. The maximum Gasteiger partial charge on any atom is 0.220 e. The Morgan fingerprint density at radius 2 is 1.76 bits per heavy atom. The van der Waals surface area contributed by atoms with Crippen molar-refractivity contribution in [1.82, 2.24) is 30.5 Å². The number of hydrazone groups is 1. The molecule has 2 fully saturated rings. The summed E-state index contributed by atoms with van der Waals surface area (Å²) in [6.45, 7) is 9.32. The second kappa shape index (κ2) is 16.2. The van der Waals surface area contributed by atoms with Gasteiger partial charge >= 0.3 is 0 Å². The van der Waals surface area contributed by atoms with Crippen LogP contribution in [0, 0.1) is 5.92 Å². The molecule has 2 aliphatic rings. The van der Waals surface area contributed by atoms with Gasteiger partial charge < -0.3 is 26.2 Å². The number of hydrogen-bond donors (Lipinski definition) is 4. The number of hydrogen-bond acceptors (Lipinski definition) is 10. The number of likely N-dealkylation sites (tertiary alicyclic amines) is 1. The third-order valence-corrected chi connectivity index (χ3v) is 8.84. The van der Waals surface area contributed by atoms with Gasteiger partial charge in [0.1, 0.15) is 17.4 Å². The SMILES string of the molecule is CC(=O)NCC1CCN(Cc2cc(Oc3ccc(N4CCN(CC/C(=N/N)NN)CC4)nc3)nc(-c3cc(Cl)cc(Cl)c3)c2)CC1. The molecule has 5 rings (SSSR count). The van der Waals surface area contributed by atoms with Gasteiger partial charge in [-0.2, -0.15) is 5.10 Å². The van der Waals surface area contributed by atoms with Gasteiger partial charge in [-0.3, -0.25) is 14.6 Å². The summed E-state index contributed by atoms with van der Waals surface area (Å²) in [4.78, 5) is 27.9. The zero-order valence-corrected chi connectivity index (χ0v) is 27.6. The number of anilines is 1. The molecule has 4 heterocycles. The number of amidine groups is 1. The number of piperazine rings is 1. The molecule has 2 aliphatic heterocycles. The number of aromatic nitrogens is 2. The highest BCUT2D eigenvalue weighted by atomic mass is 35.5. The summed E-state index contributed by atoms with van der Waals surface area (Å²) < 4.78 is 6.27. The van der Waals surface area contributed by atoms with Crippen LogP contribution in [-0.2, 0) is 11.3 Å². The van der Waals surface area contributed by atoms with E-state index in [2.05, 4.69) is 36.6 Å². The van der Waals surface area contributed by atoms with Crippen LogP contribution in [0.1, 0.15) is 31.7 Å². The van der Waals surface area contributed by atoms with Crippen LogP contribution >= 0.6 is 23.2 Å². The van der Waals surface area contributed by atoms with Crippen LogP contribution in [0.25, 0.3) is 11.3 Å². The summed E-state index contributed by atoms with van der Waals surface area (Å²) in [5.74, 6) is 13.9. The fourth-order valence-electron chi connectivity index (χ4n) is 5.83. The van der Waals surface area contributed by atoms with Gasteiger partial charge in [0.25, 0.3) is 0 Å². The lowest BCUT2D eigenvalue weighted by atomic mass is 9.96. The summed E-state index contributed by atoms with van der Waals surface area (Å²) in [5, 5.41) is 7.70. The molecule has 0 unspecified atom stereocenters. The molecule has 12 nitrogen and oxygen atoms in total. The van der Waals surface area contributed by atoms with E-state index in [0.717, 1.165) is 94.4 Å². The summed E-state index contributed by atoms with van der Waals surface area (Å²) in [6, 6.07) is 13.4. The highest BCUT2D eigenvalue weighted by molar-refractivity contribution is 6.35. The molecule has 0 bridgehead atoms. The normalized spacial score (nSPS) is 16.8. The summed E-state index contributed by atoms with van der Waals surface area (Å²) in [5.41, 5.74) is 5.15. The fraction of sp³-hybridized carbons (Fsp3) is 0.438. The van der Waals surface area contributed by atoms with Crippen molar-refractivity contribution >= 4 is 40.8 Å². The predicted octanol–water partition coefficient (Wildman–Crippen LogP) is 3.84. The van der Waals surface area contributed by atoms with Crippen LogP contribution in [0.5, 0.6) is 11.6 Å². The number of nitrogens with two attached hydrogens (primary N) is 2. The molecule has 0 saturated carbocycles. The smallest absolute Gasteiger partial charge is 0.220 e. The first kappa shape index (κ1) is 33.7. The Morgan fingerprint density at radius 1 is 1.02 bits per heavy atom. The van der Waals surface area contributed by atoms with Crippen LogP contribution in [0.2, 0.25) is 10.0 Å². The molecule has 1 amide bonds. The van der Waals surface area contributed by atoms with E-state index in [0.29, 0.717) is 39.8 Å². The van der Waals surface area contributed by atoms with Crippen LogP contribution in [0.4, 0.5) is 5.82 Å². The number of nitrogens with one attached hydrogen (secondary N) is 2.